The maximum Gasteiger partial charge on any atom is 0.137 e. The molecule has 0 saturated carbocycles. The number of nitrogens with one attached hydrogen (secondary N) is 2. The van der Waals surface area contributed by atoms with Crippen LogP contribution in [0.25, 0.3) is 27.6 Å². The van der Waals surface area contributed by atoms with Crippen LogP contribution in [-0.4, -0.2) is 9.55 Å². The van der Waals surface area contributed by atoms with E-state index in [4.69, 9.17) is 9.72 Å². The van der Waals surface area contributed by atoms with Crippen molar-refractivity contribution in [3.63, 3.8) is 0 Å². The fraction of sp³-hybridized carbons (Fsp3) is 0.250. The normalized spacial score (nSPS) is 11.7. The summed E-state index contributed by atoms with van der Waals surface area (Å²) in [6, 6.07) is 41.9. The smallest absolute Gasteiger partial charge is 0.137 e. The third kappa shape index (κ3) is 7.82. The van der Waals surface area contributed by atoms with E-state index in [-0.39, 0.29) is 5.41 Å². The second-order valence-corrected chi connectivity index (χ2v) is 16.1. The molecular weight excluding hydrogens is 663 g/mol. The van der Waals surface area contributed by atoms with E-state index in [2.05, 4.69) is 136 Å². The first kappa shape index (κ1) is 36.3. The Bertz CT molecular complexity index is 2460. The summed E-state index contributed by atoms with van der Waals surface area (Å²) in [5.41, 5.74) is 10.3. The van der Waals surface area contributed by atoms with Crippen molar-refractivity contribution in [2.24, 2.45) is 11.8 Å². The molecule has 5 aromatic carbocycles. The molecular formula is C48H49N5O. The molecule has 0 amide bonds. The van der Waals surface area contributed by atoms with E-state index in [9.17, 15) is 5.26 Å². The lowest BCUT2D eigenvalue weighted by atomic mass is 9.88. The van der Waals surface area contributed by atoms with Crippen molar-refractivity contribution in [3.05, 3.63) is 144 Å². The largest absolute Gasteiger partial charge is 0.457 e. The number of para-hydroxylation sites is 3. The summed E-state index contributed by atoms with van der Waals surface area (Å²) in [4.78, 5) is 4.83. The predicted molar refractivity (Wildman–Crippen MR) is 225 cm³/mol. The highest BCUT2D eigenvalue weighted by molar-refractivity contribution is 6.09. The third-order valence-corrected chi connectivity index (χ3v) is 9.71. The highest BCUT2D eigenvalue weighted by atomic mass is 16.5. The number of aromatic nitrogens is 2. The summed E-state index contributed by atoms with van der Waals surface area (Å²) >= 11 is 0. The van der Waals surface area contributed by atoms with E-state index in [0.717, 1.165) is 69.3 Å². The zero-order valence-electron chi connectivity index (χ0n) is 32.4. The number of fused-ring (bicyclic) bond motifs is 3. The Morgan fingerprint density at radius 3 is 2.02 bits per heavy atom. The molecule has 0 fully saturated rings. The average molecular weight is 712 g/mol. The molecule has 6 heteroatoms. The van der Waals surface area contributed by atoms with Crippen LogP contribution >= 0.6 is 0 Å². The molecule has 272 valence electrons. The molecule has 0 spiro atoms. The minimum atomic E-state index is -0.00259. The summed E-state index contributed by atoms with van der Waals surface area (Å²) in [7, 11) is 0. The molecule has 6 nitrogen and oxygen atoms in total. The quantitative estimate of drug-likeness (QED) is 0.140. The Labute approximate surface area is 319 Å². The van der Waals surface area contributed by atoms with E-state index in [1.165, 1.54) is 22.1 Å². The minimum Gasteiger partial charge on any atom is -0.457 e. The van der Waals surface area contributed by atoms with Gasteiger partial charge in [0.1, 0.15) is 17.3 Å². The van der Waals surface area contributed by atoms with Gasteiger partial charge < -0.3 is 15.4 Å². The van der Waals surface area contributed by atoms with Crippen LogP contribution in [0.3, 0.4) is 0 Å². The molecule has 0 radical (unpaired) electrons. The second-order valence-electron chi connectivity index (χ2n) is 16.1. The van der Waals surface area contributed by atoms with Crippen molar-refractivity contribution in [1.82, 2.24) is 9.55 Å². The molecule has 0 aliphatic carbocycles. The molecule has 0 aliphatic heterocycles. The number of rotatable bonds is 11. The molecule has 0 saturated heterocycles. The van der Waals surface area contributed by atoms with Gasteiger partial charge in [-0.1, -0.05) is 84.9 Å². The lowest BCUT2D eigenvalue weighted by Gasteiger charge is -2.22. The highest BCUT2D eigenvalue weighted by Gasteiger charge is 2.19. The van der Waals surface area contributed by atoms with Gasteiger partial charge in [0, 0.05) is 40.5 Å². The molecule has 2 aromatic heterocycles. The number of hydrogen-bond acceptors (Lipinski definition) is 5. The number of ether oxygens (including phenoxy) is 1. The van der Waals surface area contributed by atoms with Gasteiger partial charge in [0.15, 0.2) is 0 Å². The van der Waals surface area contributed by atoms with Crippen LogP contribution in [0.1, 0.15) is 70.7 Å². The van der Waals surface area contributed by atoms with Gasteiger partial charge in [0.05, 0.1) is 34.0 Å². The molecule has 0 unspecified atom stereocenters. The van der Waals surface area contributed by atoms with Crippen molar-refractivity contribution in [1.29, 1.82) is 5.26 Å². The fourth-order valence-electron chi connectivity index (χ4n) is 7.23. The summed E-state index contributed by atoms with van der Waals surface area (Å²) in [5.74, 6) is 3.25. The standard InChI is InChI=1S/C48H49N5O/c1-31(2)23-34-25-33(30-49)26-35(24-32(3)4)47(34)52-43-17-10-9-16-42(43)51-37-13-12-14-38(28-37)54-39-19-20-41-40-15-8-11-18-44(40)53(45(41)29-39)46-27-36(21-22-50-46)48(5,6)7/h8-22,25-29,31-32,51-52H,23-24H2,1-7H3. The van der Waals surface area contributed by atoms with E-state index in [1.54, 1.807) is 0 Å². The molecule has 2 heterocycles. The third-order valence-electron chi connectivity index (χ3n) is 9.71. The number of nitrogens with zero attached hydrogens (tertiary/aromatic N) is 3. The van der Waals surface area contributed by atoms with E-state index in [0.29, 0.717) is 17.4 Å². The van der Waals surface area contributed by atoms with Crippen LogP contribution in [0.4, 0.5) is 22.7 Å². The van der Waals surface area contributed by atoms with E-state index < -0.39 is 0 Å². The summed E-state index contributed by atoms with van der Waals surface area (Å²) in [6.07, 6.45) is 3.66. The van der Waals surface area contributed by atoms with Gasteiger partial charge in [-0.2, -0.15) is 5.26 Å². The first-order valence-electron chi connectivity index (χ1n) is 18.9. The van der Waals surface area contributed by atoms with Gasteiger partial charge in [-0.15, -0.1) is 0 Å². The van der Waals surface area contributed by atoms with Crippen molar-refractivity contribution in [2.45, 2.75) is 66.7 Å². The van der Waals surface area contributed by atoms with Crippen LogP contribution in [0.5, 0.6) is 11.5 Å². The average Bonchev–Trinajstić information content (AvgIpc) is 3.46. The van der Waals surface area contributed by atoms with Crippen molar-refractivity contribution < 1.29 is 4.74 Å². The monoisotopic (exact) mass is 711 g/mol. The van der Waals surface area contributed by atoms with Crippen LogP contribution < -0.4 is 15.4 Å². The van der Waals surface area contributed by atoms with E-state index >= 15 is 0 Å². The van der Waals surface area contributed by atoms with Crippen molar-refractivity contribution in [3.8, 4) is 23.4 Å². The predicted octanol–water partition coefficient (Wildman–Crippen LogP) is 13.0. The van der Waals surface area contributed by atoms with Gasteiger partial charge in [0.2, 0.25) is 0 Å². The molecule has 54 heavy (non-hydrogen) atoms. The lowest BCUT2D eigenvalue weighted by Crippen LogP contribution is -2.12. The summed E-state index contributed by atoms with van der Waals surface area (Å²) in [5, 5.41) is 19.6. The van der Waals surface area contributed by atoms with E-state index in [1.807, 2.05) is 54.7 Å². The highest BCUT2D eigenvalue weighted by Crippen LogP contribution is 2.38. The number of nitriles is 1. The molecule has 0 aliphatic rings. The molecule has 2 N–H and O–H groups in total. The number of anilines is 4. The van der Waals surface area contributed by atoms with Crippen molar-refractivity contribution in [2.75, 3.05) is 10.6 Å². The Kier molecular flexibility index (Phi) is 10.2. The SMILES string of the molecule is CC(C)Cc1cc(C#N)cc(CC(C)C)c1Nc1ccccc1Nc1cccc(Oc2ccc3c4ccccc4n(-c4cc(C(C)(C)C)ccn4)c3c2)c1. The van der Waals surface area contributed by atoms with Gasteiger partial charge >= 0.3 is 0 Å². The van der Waals surface area contributed by atoms with Gasteiger partial charge in [-0.3, -0.25) is 4.57 Å². The van der Waals surface area contributed by atoms with Gasteiger partial charge in [-0.25, -0.2) is 4.98 Å². The molecule has 0 bridgehead atoms. The number of benzene rings is 5. The Balaban J connectivity index is 1.20. The Morgan fingerprint density at radius 2 is 1.33 bits per heavy atom. The topological polar surface area (TPSA) is 74.9 Å². The van der Waals surface area contributed by atoms with Crippen LogP contribution in [0.15, 0.2) is 121 Å². The van der Waals surface area contributed by atoms with Crippen molar-refractivity contribution >= 4 is 44.6 Å². The summed E-state index contributed by atoms with van der Waals surface area (Å²) in [6.45, 7) is 15.6. The maximum absolute atomic E-state index is 9.83. The zero-order valence-corrected chi connectivity index (χ0v) is 32.4. The Morgan fingerprint density at radius 1 is 0.685 bits per heavy atom. The van der Waals surface area contributed by atoms with Crippen LogP contribution in [0, 0.1) is 23.2 Å². The molecule has 7 aromatic rings. The maximum atomic E-state index is 9.83. The van der Waals surface area contributed by atoms with Gasteiger partial charge in [0.25, 0.3) is 0 Å². The Hall–Kier alpha value is -6.06. The number of pyridine rings is 1. The lowest BCUT2D eigenvalue weighted by molar-refractivity contribution is 0.483. The number of hydrogen-bond donors (Lipinski definition) is 2. The first-order chi connectivity index (χ1) is 26.0. The van der Waals surface area contributed by atoms with Crippen LogP contribution in [0.2, 0.25) is 0 Å². The van der Waals surface area contributed by atoms with Gasteiger partial charge in [-0.05, 0) is 114 Å². The fourth-order valence-corrected chi connectivity index (χ4v) is 7.23. The summed E-state index contributed by atoms with van der Waals surface area (Å²) < 4.78 is 8.80. The molecule has 7 rings (SSSR count). The van der Waals surface area contributed by atoms with Crippen LogP contribution in [-0.2, 0) is 18.3 Å². The zero-order chi connectivity index (χ0) is 38.0. The minimum absolute atomic E-state index is 0.00259. The molecule has 0 atom stereocenters. The second kappa shape index (κ2) is 15.1. The first-order valence-corrected chi connectivity index (χ1v) is 18.9.